The lowest BCUT2D eigenvalue weighted by Crippen LogP contribution is -2.05. The van der Waals surface area contributed by atoms with Crippen LogP contribution < -0.4 is 0 Å². The zero-order chi connectivity index (χ0) is 7.23. The van der Waals surface area contributed by atoms with Gasteiger partial charge in [-0.15, -0.1) is 0 Å². The van der Waals surface area contributed by atoms with E-state index in [1.165, 1.54) is 6.08 Å². The van der Waals surface area contributed by atoms with Gasteiger partial charge in [0.05, 0.1) is 12.6 Å². The molecule has 1 unspecified atom stereocenters. The van der Waals surface area contributed by atoms with E-state index in [4.69, 9.17) is 4.74 Å². The van der Waals surface area contributed by atoms with Crippen LogP contribution in [0.15, 0.2) is 4.99 Å². The summed E-state index contributed by atoms with van der Waals surface area (Å²) in [5.74, 6) is 0. The van der Waals surface area contributed by atoms with Crippen LogP contribution in [0.3, 0.4) is 0 Å². The first-order valence-corrected chi connectivity index (χ1v) is 3.58. The summed E-state index contributed by atoms with van der Waals surface area (Å²) in [4.78, 5) is 13.1. The van der Waals surface area contributed by atoms with E-state index in [0.717, 1.165) is 25.9 Å². The van der Waals surface area contributed by atoms with Gasteiger partial charge in [0.1, 0.15) is 0 Å². The first-order valence-electron chi connectivity index (χ1n) is 3.58. The molecule has 1 aliphatic heterocycles. The number of hydrogen-bond acceptors (Lipinski definition) is 3. The quantitative estimate of drug-likeness (QED) is 0.432. The number of aliphatic imine (C=N–C) groups is 1. The second-order valence-corrected chi connectivity index (χ2v) is 2.40. The van der Waals surface area contributed by atoms with Gasteiger partial charge >= 0.3 is 0 Å². The Morgan fingerprint density at radius 3 is 3.20 bits per heavy atom. The van der Waals surface area contributed by atoms with Crippen molar-refractivity contribution in [3.63, 3.8) is 0 Å². The molecule has 0 amide bonds. The molecule has 0 bridgehead atoms. The average molecular weight is 141 g/mol. The molecule has 0 aromatic heterocycles. The van der Waals surface area contributed by atoms with E-state index in [1.54, 1.807) is 0 Å². The molecule has 10 heavy (non-hydrogen) atoms. The molecule has 56 valence electrons. The monoisotopic (exact) mass is 141 g/mol. The third kappa shape index (κ3) is 2.29. The minimum absolute atomic E-state index is 0.345. The molecule has 1 atom stereocenters. The van der Waals surface area contributed by atoms with Gasteiger partial charge in [-0.2, -0.15) is 0 Å². The van der Waals surface area contributed by atoms with Crippen molar-refractivity contribution in [1.82, 2.24) is 0 Å². The lowest BCUT2D eigenvalue weighted by molar-refractivity contribution is 0.106. The van der Waals surface area contributed by atoms with Crippen molar-refractivity contribution in [3.05, 3.63) is 0 Å². The summed E-state index contributed by atoms with van der Waals surface area (Å²) in [6, 6.07) is 0. The summed E-state index contributed by atoms with van der Waals surface area (Å²) in [5.41, 5.74) is 0. The van der Waals surface area contributed by atoms with Gasteiger partial charge in [0, 0.05) is 6.61 Å². The van der Waals surface area contributed by atoms with Crippen molar-refractivity contribution < 1.29 is 9.53 Å². The molecule has 1 aliphatic rings. The molecule has 0 aromatic rings. The van der Waals surface area contributed by atoms with E-state index < -0.39 is 0 Å². The highest BCUT2D eigenvalue weighted by Gasteiger charge is 2.13. The van der Waals surface area contributed by atoms with Gasteiger partial charge in [0.2, 0.25) is 6.08 Å². The predicted octanol–water partition coefficient (Wildman–Crippen LogP) is 0.891. The van der Waals surface area contributed by atoms with Crippen molar-refractivity contribution in [3.8, 4) is 0 Å². The average Bonchev–Trinajstić information content (AvgIpc) is 2.41. The minimum Gasteiger partial charge on any atom is -0.378 e. The molecule has 1 rings (SSSR count). The van der Waals surface area contributed by atoms with Gasteiger partial charge in [-0.3, -0.25) is 0 Å². The topological polar surface area (TPSA) is 38.7 Å². The number of rotatable bonds is 3. The minimum atomic E-state index is 0.345. The van der Waals surface area contributed by atoms with Crippen LogP contribution in [0.1, 0.15) is 19.3 Å². The normalized spacial score (nSPS) is 24.2. The number of nitrogens with zero attached hydrogens (tertiary/aromatic N) is 1. The Hall–Kier alpha value is -0.660. The Bertz CT molecular complexity index is 135. The molecular formula is C7H11NO2. The highest BCUT2D eigenvalue weighted by molar-refractivity contribution is 5.32. The number of carbonyl (C=O) groups excluding carboxylic acids is 1. The molecule has 0 saturated carbocycles. The molecular weight excluding hydrogens is 130 g/mol. The molecule has 1 heterocycles. The Labute approximate surface area is 60.1 Å². The van der Waals surface area contributed by atoms with E-state index in [-0.39, 0.29) is 0 Å². The van der Waals surface area contributed by atoms with Crippen molar-refractivity contribution in [2.75, 3.05) is 13.2 Å². The predicted molar refractivity (Wildman–Crippen MR) is 36.6 cm³/mol. The molecule has 1 saturated heterocycles. The summed E-state index contributed by atoms with van der Waals surface area (Å²) in [6.07, 6.45) is 4.99. The van der Waals surface area contributed by atoms with E-state index in [1.807, 2.05) is 0 Å². The van der Waals surface area contributed by atoms with E-state index in [2.05, 4.69) is 4.99 Å². The maximum atomic E-state index is 9.65. The second-order valence-electron chi connectivity index (χ2n) is 2.40. The Balaban J connectivity index is 2.06. The highest BCUT2D eigenvalue weighted by Crippen LogP contribution is 2.14. The van der Waals surface area contributed by atoms with Gasteiger partial charge in [0.25, 0.3) is 0 Å². The third-order valence-corrected chi connectivity index (χ3v) is 1.65. The van der Waals surface area contributed by atoms with E-state index >= 15 is 0 Å². The molecule has 0 N–H and O–H groups in total. The van der Waals surface area contributed by atoms with Gasteiger partial charge < -0.3 is 4.74 Å². The maximum Gasteiger partial charge on any atom is 0.234 e. The first kappa shape index (κ1) is 7.45. The van der Waals surface area contributed by atoms with Crippen LogP contribution in [0.2, 0.25) is 0 Å². The molecule has 3 nitrogen and oxygen atoms in total. The fourth-order valence-corrected chi connectivity index (χ4v) is 1.13. The first-order chi connectivity index (χ1) is 4.93. The summed E-state index contributed by atoms with van der Waals surface area (Å²) < 4.78 is 5.31. The van der Waals surface area contributed by atoms with E-state index in [0.29, 0.717) is 12.6 Å². The second kappa shape index (κ2) is 4.20. The molecule has 1 fully saturated rings. The zero-order valence-electron chi connectivity index (χ0n) is 5.88. The largest absolute Gasteiger partial charge is 0.378 e. The fourth-order valence-electron chi connectivity index (χ4n) is 1.13. The highest BCUT2D eigenvalue weighted by atomic mass is 16.5. The van der Waals surface area contributed by atoms with Crippen LogP contribution in [0.25, 0.3) is 0 Å². The van der Waals surface area contributed by atoms with Gasteiger partial charge in [-0.1, -0.05) is 0 Å². The van der Waals surface area contributed by atoms with Crippen LogP contribution in [0, 0.1) is 0 Å². The maximum absolute atomic E-state index is 9.65. The van der Waals surface area contributed by atoms with Crippen LogP contribution >= 0.6 is 0 Å². The van der Waals surface area contributed by atoms with Crippen LogP contribution in [0.5, 0.6) is 0 Å². The Kier molecular flexibility index (Phi) is 3.13. The van der Waals surface area contributed by atoms with Gasteiger partial charge in [-0.05, 0) is 19.3 Å². The molecule has 0 aliphatic carbocycles. The summed E-state index contributed by atoms with van der Waals surface area (Å²) in [7, 11) is 0. The van der Waals surface area contributed by atoms with Crippen LogP contribution in [0.4, 0.5) is 0 Å². The molecule has 0 spiro atoms. The number of isocyanates is 1. The van der Waals surface area contributed by atoms with Gasteiger partial charge in [0.15, 0.2) is 0 Å². The smallest absolute Gasteiger partial charge is 0.234 e. The van der Waals surface area contributed by atoms with Crippen molar-refractivity contribution >= 4 is 6.08 Å². The van der Waals surface area contributed by atoms with Crippen molar-refractivity contribution in [2.45, 2.75) is 25.4 Å². The zero-order valence-corrected chi connectivity index (χ0v) is 5.88. The summed E-state index contributed by atoms with van der Waals surface area (Å²) in [5, 5.41) is 0. The number of ether oxygens (including phenoxy) is 1. The summed E-state index contributed by atoms with van der Waals surface area (Å²) >= 11 is 0. The number of hydrogen-bond donors (Lipinski definition) is 0. The lowest BCUT2D eigenvalue weighted by Gasteiger charge is -2.04. The van der Waals surface area contributed by atoms with Crippen LogP contribution in [-0.2, 0) is 9.53 Å². The Morgan fingerprint density at radius 1 is 1.70 bits per heavy atom. The molecule has 0 aromatic carbocycles. The SMILES string of the molecule is O=C=NCCC1CCCO1. The third-order valence-electron chi connectivity index (χ3n) is 1.65. The molecule has 0 radical (unpaired) electrons. The van der Waals surface area contributed by atoms with Crippen molar-refractivity contribution in [1.29, 1.82) is 0 Å². The van der Waals surface area contributed by atoms with E-state index in [9.17, 15) is 4.79 Å². The molecule has 3 heteroatoms. The fraction of sp³-hybridized carbons (Fsp3) is 0.857. The van der Waals surface area contributed by atoms with Crippen LogP contribution in [-0.4, -0.2) is 25.3 Å². The van der Waals surface area contributed by atoms with Crippen molar-refractivity contribution in [2.24, 2.45) is 4.99 Å². The lowest BCUT2D eigenvalue weighted by atomic mass is 10.2. The van der Waals surface area contributed by atoms with Gasteiger partial charge in [-0.25, -0.2) is 9.79 Å². The summed E-state index contributed by atoms with van der Waals surface area (Å²) in [6.45, 7) is 1.43. The Morgan fingerprint density at radius 2 is 2.60 bits per heavy atom. The standard InChI is InChI=1S/C7H11NO2/c9-6-8-4-3-7-2-1-5-10-7/h7H,1-5H2.